The van der Waals surface area contributed by atoms with E-state index in [0.717, 1.165) is 81.8 Å². The van der Waals surface area contributed by atoms with E-state index in [1.165, 1.54) is 6.07 Å². The van der Waals surface area contributed by atoms with Crippen molar-refractivity contribution >= 4 is 5.97 Å². The van der Waals surface area contributed by atoms with Crippen molar-refractivity contribution in [2.75, 3.05) is 0 Å². The highest BCUT2D eigenvalue weighted by molar-refractivity contribution is 5.77. The summed E-state index contributed by atoms with van der Waals surface area (Å²) >= 11 is 0. The molecule has 1 aliphatic carbocycles. The van der Waals surface area contributed by atoms with Gasteiger partial charge in [-0.2, -0.15) is 0 Å². The van der Waals surface area contributed by atoms with Crippen LogP contribution in [0, 0.1) is 10.8 Å². The Morgan fingerprint density at radius 3 is 2.26 bits per heavy atom. The molecule has 1 saturated carbocycles. The third-order valence-corrected chi connectivity index (χ3v) is 5.82. The Hall–Kier alpha value is -1.71. The Balaban J connectivity index is 1.83. The molecule has 1 aliphatic rings. The number of hydrogen-bond acceptors (Lipinski definition) is 3. The van der Waals surface area contributed by atoms with Gasteiger partial charge in [0, 0.05) is 6.07 Å². The molecule has 0 spiro atoms. The van der Waals surface area contributed by atoms with Crippen LogP contribution >= 0.6 is 0 Å². The van der Waals surface area contributed by atoms with Crippen molar-refractivity contribution in [2.45, 2.75) is 91.4 Å². The van der Waals surface area contributed by atoms with Crippen LogP contribution in [0.25, 0.3) is 0 Å². The molecular weight excluding hydrogens is 340 g/mol. The molecule has 2 rings (SSSR count). The topological polar surface area (TPSA) is 77.8 Å². The molecular formula is C23H36O4. The Morgan fingerprint density at radius 1 is 1.00 bits per heavy atom. The summed E-state index contributed by atoms with van der Waals surface area (Å²) in [4.78, 5) is 11.2. The molecule has 1 fully saturated rings. The summed E-state index contributed by atoms with van der Waals surface area (Å²) in [6.45, 7) is 6.73. The highest BCUT2D eigenvalue weighted by atomic mass is 16.4. The number of benzene rings is 1. The van der Waals surface area contributed by atoms with Gasteiger partial charge >= 0.3 is 5.97 Å². The molecule has 0 unspecified atom stereocenters. The number of aliphatic carboxylic acids is 1. The van der Waals surface area contributed by atoms with Gasteiger partial charge in [0.25, 0.3) is 0 Å². The number of aryl methyl sites for hydroxylation is 1. The average Bonchev–Trinajstić information content (AvgIpc) is 3.33. The van der Waals surface area contributed by atoms with Gasteiger partial charge in [-0.05, 0) is 74.0 Å². The van der Waals surface area contributed by atoms with Crippen molar-refractivity contribution in [2.24, 2.45) is 10.8 Å². The van der Waals surface area contributed by atoms with Crippen LogP contribution in [0.3, 0.4) is 0 Å². The second-order valence-corrected chi connectivity index (χ2v) is 9.52. The van der Waals surface area contributed by atoms with Crippen LogP contribution in [-0.2, 0) is 17.6 Å². The van der Waals surface area contributed by atoms with E-state index < -0.39 is 11.4 Å². The quantitative estimate of drug-likeness (QED) is 0.425. The van der Waals surface area contributed by atoms with Crippen molar-refractivity contribution in [1.82, 2.24) is 0 Å². The molecule has 4 heteroatoms. The molecule has 4 nitrogen and oxygen atoms in total. The molecule has 0 aliphatic heterocycles. The molecule has 0 radical (unpaired) electrons. The van der Waals surface area contributed by atoms with E-state index in [9.17, 15) is 20.1 Å². The van der Waals surface area contributed by atoms with Gasteiger partial charge in [-0.1, -0.05) is 40.0 Å². The van der Waals surface area contributed by atoms with Crippen LogP contribution < -0.4 is 0 Å². The van der Waals surface area contributed by atoms with Gasteiger partial charge in [-0.3, -0.25) is 4.79 Å². The summed E-state index contributed by atoms with van der Waals surface area (Å²) in [6, 6.07) is 3.21. The first-order valence-electron chi connectivity index (χ1n) is 10.4. The van der Waals surface area contributed by atoms with Gasteiger partial charge < -0.3 is 15.3 Å². The fourth-order valence-electron chi connectivity index (χ4n) is 3.85. The number of carbonyl (C=O) groups is 1. The third-order valence-electron chi connectivity index (χ3n) is 5.82. The van der Waals surface area contributed by atoms with E-state index in [2.05, 4.69) is 20.8 Å². The summed E-state index contributed by atoms with van der Waals surface area (Å²) in [5.74, 6) is -0.328. The first-order chi connectivity index (χ1) is 12.6. The van der Waals surface area contributed by atoms with E-state index in [0.29, 0.717) is 5.41 Å². The van der Waals surface area contributed by atoms with Crippen LogP contribution in [0.4, 0.5) is 0 Å². The lowest BCUT2D eigenvalue weighted by atomic mass is 9.88. The van der Waals surface area contributed by atoms with Gasteiger partial charge in [-0.25, -0.2) is 0 Å². The normalized spacial score (nSPS) is 15.7. The lowest BCUT2D eigenvalue weighted by Crippen LogP contribution is -2.14. The Kier molecular flexibility index (Phi) is 7.19. The minimum absolute atomic E-state index is 0.115. The first-order valence-corrected chi connectivity index (χ1v) is 10.4. The largest absolute Gasteiger partial charge is 0.508 e. The van der Waals surface area contributed by atoms with E-state index in [4.69, 9.17) is 0 Å². The molecule has 152 valence electrons. The van der Waals surface area contributed by atoms with Crippen molar-refractivity contribution in [3.8, 4) is 11.5 Å². The molecule has 0 atom stereocenters. The average molecular weight is 377 g/mol. The first kappa shape index (κ1) is 21.6. The summed E-state index contributed by atoms with van der Waals surface area (Å²) < 4.78 is 0. The van der Waals surface area contributed by atoms with Gasteiger partial charge in [0.15, 0.2) is 0 Å². The smallest absolute Gasteiger partial charge is 0.309 e. The van der Waals surface area contributed by atoms with E-state index in [-0.39, 0.29) is 11.5 Å². The molecule has 0 bridgehead atoms. The predicted molar refractivity (Wildman–Crippen MR) is 108 cm³/mol. The monoisotopic (exact) mass is 376 g/mol. The van der Waals surface area contributed by atoms with Crippen LogP contribution in [0.5, 0.6) is 11.5 Å². The molecule has 3 N–H and O–H groups in total. The number of hydrogen-bond donors (Lipinski definition) is 3. The van der Waals surface area contributed by atoms with Crippen molar-refractivity contribution in [3.05, 3.63) is 23.3 Å². The Bertz CT molecular complexity index is 639. The molecule has 0 saturated heterocycles. The van der Waals surface area contributed by atoms with E-state index in [1.807, 2.05) is 0 Å². The number of carboxylic acid groups (broad SMARTS) is 1. The molecule has 1 aromatic rings. The zero-order chi connectivity index (χ0) is 20.1. The van der Waals surface area contributed by atoms with Crippen LogP contribution in [0.2, 0.25) is 0 Å². The van der Waals surface area contributed by atoms with Gasteiger partial charge in [0.1, 0.15) is 11.5 Å². The maximum atomic E-state index is 11.2. The van der Waals surface area contributed by atoms with Gasteiger partial charge in [0.2, 0.25) is 0 Å². The van der Waals surface area contributed by atoms with Crippen LogP contribution in [-0.4, -0.2) is 21.3 Å². The SMILES string of the molecule is CC(C)(C)CCCCc1c(O)cc(O)cc1CCCCCC1(C(=O)O)CC1. The molecule has 0 heterocycles. The van der Waals surface area contributed by atoms with Crippen LogP contribution in [0.1, 0.15) is 89.7 Å². The predicted octanol–water partition coefficient (Wildman–Crippen LogP) is 5.82. The summed E-state index contributed by atoms with van der Waals surface area (Å²) in [7, 11) is 0. The summed E-state index contributed by atoms with van der Waals surface area (Å²) in [5.41, 5.74) is 1.89. The van der Waals surface area contributed by atoms with Gasteiger partial charge in [-0.15, -0.1) is 0 Å². The summed E-state index contributed by atoms with van der Waals surface area (Å²) in [5, 5.41) is 29.4. The minimum atomic E-state index is -0.641. The highest BCUT2D eigenvalue weighted by Gasteiger charge is 2.49. The fourth-order valence-corrected chi connectivity index (χ4v) is 3.85. The third kappa shape index (κ3) is 6.75. The van der Waals surface area contributed by atoms with Crippen LogP contribution in [0.15, 0.2) is 12.1 Å². The van der Waals surface area contributed by atoms with Crippen molar-refractivity contribution < 1.29 is 20.1 Å². The number of carboxylic acids is 1. The molecule has 0 amide bonds. The number of rotatable bonds is 11. The van der Waals surface area contributed by atoms with E-state index in [1.54, 1.807) is 6.07 Å². The maximum Gasteiger partial charge on any atom is 0.309 e. The zero-order valence-electron chi connectivity index (χ0n) is 17.2. The molecule has 0 aromatic heterocycles. The number of phenols is 2. The fraction of sp³-hybridized carbons (Fsp3) is 0.696. The highest BCUT2D eigenvalue weighted by Crippen LogP contribution is 2.50. The second-order valence-electron chi connectivity index (χ2n) is 9.52. The second kappa shape index (κ2) is 8.99. The Morgan fingerprint density at radius 2 is 1.67 bits per heavy atom. The molecule has 27 heavy (non-hydrogen) atoms. The summed E-state index contributed by atoms with van der Waals surface area (Å²) in [6.07, 6.45) is 10.2. The standard InChI is InChI=1S/C23H36O4/c1-22(2,3)11-8-6-10-19-17(15-18(24)16-20(19)25)9-5-4-7-12-23(13-14-23)21(26)27/h15-16,24-25H,4-14H2,1-3H3,(H,26,27). The number of aromatic hydroxyl groups is 2. The zero-order valence-corrected chi connectivity index (χ0v) is 17.2. The Labute approximate surface area is 163 Å². The maximum absolute atomic E-state index is 11.2. The lowest BCUT2D eigenvalue weighted by Gasteiger charge is -2.18. The molecule has 1 aromatic carbocycles. The van der Waals surface area contributed by atoms with E-state index >= 15 is 0 Å². The lowest BCUT2D eigenvalue weighted by molar-refractivity contribution is -0.143. The minimum Gasteiger partial charge on any atom is -0.508 e. The van der Waals surface area contributed by atoms with Gasteiger partial charge in [0.05, 0.1) is 5.41 Å². The van der Waals surface area contributed by atoms with Crippen molar-refractivity contribution in [3.63, 3.8) is 0 Å². The number of phenolic OH excluding ortho intramolecular Hbond substituents is 2. The number of unbranched alkanes of at least 4 members (excludes halogenated alkanes) is 3. The van der Waals surface area contributed by atoms with Crippen molar-refractivity contribution in [1.29, 1.82) is 0 Å².